The Hall–Kier alpha value is -2.90. The van der Waals surface area contributed by atoms with E-state index < -0.39 is 0 Å². The molecule has 1 fully saturated rings. The van der Waals surface area contributed by atoms with Gasteiger partial charge in [-0.05, 0) is 43.8 Å². The lowest BCUT2D eigenvalue weighted by molar-refractivity contribution is 0.102. The monoisotopic (exact) mass is 421 g/mol. The summed E-state index contributed by atoms with van der Waals surface area (Å²) >= 11 is 0. The summed E-state index contributed by atoms with van der Waals surface area (Å²) in [7, 11) is 3.74. The summed E-state index contributed by atoms with van der Waals surface area (Å²) in [5, 5.41) is 2.99. The van der Waals surface area contributed by atoms with E-state index in [1.165, 1.54) is 0 Å². The van der Waals surface area contributed by atoms with Gasteiger partial charge in [0.1, 0.15) is 11.6 Å². The van der Waals surface area contributed by atoms with E-state index >= 15 is 0 Å². The number of likely N-dealkylation sites (N-methyl/N-ethyl adjacent to an activating group) is 1. The molecule has 2 aromatic carbocycles. The van der Waals surface area contributed by atoms with Crippen LogP contribution in [0, 0.1) is 0 Å². The zero-order chi connectivity index (χ0) is 21.8. The van der Waals surface area contributed by atoms with E-state index in [-0.39, 0.29) is 5.91 Å². The maximum Gasteiger partial charge on any atom is 0.259 e. The Morgan fingerprint density at radius 2 is 1.90 bits per heavy atom. The first-order valence-electron chi connectivity index (χ1n) is 10.9. The lowest BCUT2D eigenvalue weighted by atomic mass is 10.2. The summed E-state index contributed by atoms with van der Waals surface area (Å²) in [5.74, 6) is 1.46. The number of aromatic nitrogens is 2. The molecule has 7 heteroatoms. The Morgan fingerprint density at radius 3 is 2.65 bits per heavy atom. The van der Waals surface area contributed by atoms with E-state index in [1.807, 2.05) is 24.3 Å². The minimum absolute atomic E-state index is 0.192. The number of nitrogens with one attached hydrogen (secondary N) is 1. The molecule has 0 aliphatic carbocycles. The third-order valence-corrected chi connectivity index (χ3v) is 5.84. The van der Waals surface area contributed by atoms with Gasteiger partial charge in [0.15, 0.2) is 0 Å². The smallest absolute Gasteiger partial charge is 0.259 e. The number of nitrogens with zero attached hydrogens (tertiary/aromatic N) is 4. The molecule has 0 spiro atoms. The van der Waals surface area contributed by atoms with Gasteiger partial charge in [-0.25, -0.2) is 4.98 Å². The maximum atomic E-state index is 12.8. The molecule has 3 aromatic rings. The fourth-order valence-electron chi connectivity index (χ4n) is 4.09. The van der Waals surface area contributed by atoms with Crippen molar-refractivity contribution in [2.75, 3.05) is 45.7 Å². The van der Waals surface area contributed by atoms with Crippen LogP contribution in [0.15, 0.2) is 42.5 Å². The molecule has 0 unspecified atom stereocenters. The Morgan fingerprint density at radius 1 is 1.13 bits per heavy atom. The lowest BCUT2D eigenvalue weighted by Crippen LogP contribution is -2.44. The second kappa shape index (κ2) is 9.49. The highest BCUT2D eigenvalue weighted by Crippen LogP contribution is 2.24. The first-order valence-corrected chi connectivity index (χ1v) is 10.9. The van der Waals surface area contributed by atoms with E-state index in [4.69, 9.17) is 9.72 Å². The van der Waals surface area contributed by atoms with Gasteiger partial charge in [0.2, 0.25) is 0 Å². The molecule has 4 rings (SSSR count). The summed E-state index contributed by atoms with van der Waals surface area (Å²) in [6.45, 7) is 8.28. The largest absolute Gasteiger partial charge is 0.496 e. The molecule has 1 N–H and O–H groups in total. The lowest BCUT2D eigenvalue weighted by Gasteiger charge is -2.32. The van der Waals surface area contributed by atoms with Crippen molar-refractivity contribution in [1.82, 2.24) is 19.4 Å². The minimum atomic E-state index is -0.192. The highest BCUT2D eigenvalue weighted by Gasteiger charge is 2.19. The first-order chi connectivity index (χ1) is 15.1. The Labute approximate surface area is 183 Å². The fraction of sp³-hybridized carbons (Fsp3) is 0.417. The fourth-order valence-corrected chi connectivity index (χ4v) is 4.09. The molecule has 0 radical (unpaired) electrons. The Bertz CT molecular complexity index is 1050. The van der Waals surface area contributed by atoms with Gasteiger partial charge >= 0.3 is 0 Å². The highest BCUT2D eigenvalue weighted by atomic mass is 16.5. The number of para-hydroxylation sites is 1. The van der Waals surface area contributed by atoms with Crippen molar-refractivity contribution >= 4 is 22.6 Å². The number of fused-ring (bicyclic) bond motifs is 1. The molecule has 1 aromatic heterocycles. The molecule has 1 amide bonds. The molecule has 1 saturated heterocycles. The van der Waals surface area contributed by atoms with Gasteiger partial charge in [0, 0.05) is 38.4 Å². The second-order valence-electron chi connectivity index (χ2n) is 8.12. The predicted octanol–water partition coefficient (Wildman–Crippen LogP) is 3.45. The molecule has 2 heterocycles. The molecule has 0 bridgehead atoms. The summed E-state index contributed by atoms with van der Waals surface area (Å²) in [4.78, 5) is 22.6. The standard InChI is InChI=1S/C24H31N5O2/c1-4-11-29-21-10-9-18(25-24(30)19-7-5-6-8-22(19)31-3)16-20(21)26-23(29)17-28-14-12-27(2)13-15-28/h5-10,16H,4,11-15,17H2,1-3H3,(H,25,30). The molecule has 31 heavy (non-hydrogen) atoms. The summed E-state index contributed by atoms with van der Waals surface area (Å²) in [6, 6.07) is 13.2. The molecule has 0 saturated carbocycles. The molecular formula is C24H31N5O2. The normalized spacial score (nSPS) is 15.3. The summed E-state index contributed by atoms with van der Waals surface area (Å²) in [5.41, 5.74) is 3.27. The topological polar surface area (TPSA) is 62.6 Å². The molecule has 0 atom stereocenters. The number of hydrogen-bond acceptors (Lipinski definition) is 5. The number of anilines is 1. The van der Waals surface area contributed by atoms with E-state index in [2.05, 4.69) is 39.7 Å². The number of methoxy groups -OCH3 is 1. The van der Waals surface area contributed by atoms with Gasteiger partial charge in [-0.2, -0.15) is 0 Å². The van der Waals surface area contributed by atoms with Crippen molar-refractivity contribution in [3.8, 4) is 5.75 Å². The van der Waals surface area contributed by atoms with Crippen LogP contribution < -0.4 is 10.1 Å². The SMILES string of the molecule is CCCn1c(CN2CCN(C)CC2)nc2cc(NC(=O)c3ccccc3OC)ccc21. The van der Waals surface area contributed by atoms with E-state index in [0.717, 1.165) is 68.2 Å². The number of benzene rings is 2. The van der Waals surface area contributed by atoms with Crippen molar-refractivity contribution in [2.45, 2.75) is 26.4 Å². The number of imidazole rings is 1. The number of amides is 1. The van der Waals surface area contributed by atoms with Crippen molar-refractivity contribution in [3.63, 3.8) is 0 Å². The number of carbonyl (C=O) groups excluding carboxylic acids is 1. The number of aryl methyl sites for hydroxylation is 1. The number of carbonyl (C=O) groups is 1. The third kappa shape index (κ3) is 4.73. The second-order valence-corrected chi connectivity index (χ2v) is 8.12. The van der Waals surface area contributed by atoms with Gasteiger partial charge in [-0.1, -0.05) is 19.1 Å². The molecule has 7 nitrogen and oxygen atoms in total. The van der Waals surface area contributed by atoms with Crippen LogP contribution in [0.5, 0.6) is 5.75 Å². The predicted molar refractivity (Wildman–Crippen MR) is 124 cm³/mol. The van der Waals surface area contributed by atoms with Crippen LogP contribution in [0.1, 0.15) is 29.5 Å². The van der Waals surface area contributed by atoms with Gasteiger partial charge in [-0.3, -0.25) is 9.69 Å². The summed E-state index contributed by atoms with van der Waals surface area (Å²) in [6.07, 6.45) is 1.05. The van der Waals surface area contributed by atoms with E-state index in [1.54, 1.807) is 19.2 Å². The van der Waals surface area contributed by atoms with Crippen molar-refractivity contribution in [2.24, 2.45) is 0 Å². The maximum absolute atomic E-state index is 12.8. The summed E-state index contributed by atoms with van der Waals surface area (Å²) < 4.78 is 7.63. The van der Waals surface area contributed by atoms with E-state index in [9.17, 15) is 4.79 Å². The van der Waals surface area contributed by atoms with Crippen LogP contribution in [0.2, 0.25) is 0 Å². The number of hydrogen-bond donors (Lipinski definition) is 1. The van der Waals surface area contributed by atoms with Gasteiger partial charge in [0.25, 0.3) is 5.91 Å². The Kier molecular flexibility index (Phi) is 6.53. The third-order valence-electron chi connectivity index (χ3n) is 5.84. The van der Waals surface area contributed by atoms with Gasteiger partial charge in [0.05, 0.1) is 30.3 Å². The average molecular weight is 422 g/mol. The van der Waals surface area contributed by atoms with Crippen LogP contribution >= 0.6 is 0 Å². The highest BCUT2D eigenvalue weighted by molar-refractivity contribution is 6.06. The van der Waals surface area contributed by atoms with Crippen molar-refractivity contribution in [1.29, 1.82) is 0 Å². The number of piperazine rings is 1. The zero-order valence-electron chi connectivity index (χ0n) is 18.6. The van der Waals surface area contributed by atoms with Crippen LogP contribution in [0.4, 0.5) is 5.69 Å². The zero-order valence-corrected chi connectivity index (χ0v) is 18.6. The molecule has 164 valence electrons. The van der Waals surface area contributed by atoms with Crippen LogP contribution in [-0.4, -0.2) is 65.6 Å². The quantitative estimate of drug-likeness (QED) is 0.633. The van der Waals surface area contributed by atoms with E-state index in [0.29, 0.717) is 11.3 Å². The number of rotatable bonds is 7. The van der Waals surface area contributed by atoms with Gasteiger partial charge < -0.3 is 19.5 Å². The van der Waals surface area contributed by atoms with Crippen LogP contribution in [0.3, 0.4) is 0 Å². The molecule has 1 aliphatic rings. The Balaban J connectivity index is 1.57. The molecule has 1 aliphatic heterocycles. The van der Waals surface area contributed by atoms with Crippen LogP contribution in [0.25, 0.3) is 11.0 Å². The van der Waals surface area contributed by atoms with Crippen LogP contribution in [-0.2, 0) is 13.1 Å². The molecular weight excluding hydrogens is 390 g/mol. The first kappa shape index (κ1) is 21.3. The average Bonchev–Trinajstić information content (AvgIpc) is 3.11. The van der Waals surface area contributed by atoms with Crippen molar-refractivity contribution in [3.05, 3.63) is 53.9 Å². The van der Waals surface area contributed by atoms with Gasteiger partial charge in [-0.15, -0.1) is 0 Å². The van der Waals surface area contributed by atoms with Crippen molar-refractivity contribution < 1.29 is 9.53 Å². The number of ether oxygens (including phenoxy) is 1. The minimum Gasteiger partial charge on any atom is -0.496 e.